The fraction of sp³-hybridized carbons (Fsp3) is 0.875. The van der Waals surface area contributed by atoms with Crippen molar-refractivity contribution < 1.29 is 25.2 Å². The molecule has 6 N–H and O–H groups in total. The second-order valence-corrected chi connectivity index (χ2v) is 6.37. The van der Waals surface area contributed by atoms with Crippen LogP contribution in [0.5, 0.6) is 0 Å². The molecule has 0 atom stereocenters. The van der Waals surface area contributed by atoms with E-state index in [1.165, 1.54) is 0 Å². The van der Waals surface area contributed by atoms with E-state index in [4.69, 9.17) is 20.4 Å². The van der Waals surface area contributed by atoms with Crippen LogP contribution in [0.15, 0.2) is 0 Å². The van der Waals surface area contributed by atoms with Crippen molar-refractivity contribution in [2.45, 2.75) is 9.83 Å². The molecular weight excluding hydrogens is 286 g/mol. The predicted molar refractivity (Wildman–Crippen MR) is 74.7 cm³/mol. The Hall–Kier alpha value is 0.360. The molecule has 0 saturated heterocycles. The molecule has 17 heavy (non-hydrogen) atoms. The number of nitrogens with two attached hydrogens (primary N) is 1. The lowest BCUT2D eigenvalue weighted by atomic mass is 9.88. The first kappa shape index (κ1) is 19.7. The molecule has 0 aliphatic heterocycles. The van der Waals surface area contributed by atoms with Gasteiger partial charge in [0.05, 0.1) is 25.2 Å². The van der Waals surface area contributed by atoms with E-state index in [1.807, 2.05) is 0 Å². The van der Waals surface area contributed by atoms with Crippen molar-refractivity contribution >= 4 is 43.9 Å². The van der Waals surface area contributed by atoms with E-state index in [0.717, 1.165) is 0 Å². The van der Waals surface area contributed by atoms with Crippen molar-refractivity contribution in [1.29, 1.82) is 0 Å². The zero-order chi connectivity index (χ0) is 14.1. The van der Waals surface area contributed by atoms with Gasteiger partial charge >= 0.3 is 5.97 Å². The van der Waals surface area contributed by atoms with E-state index in [0.29, 0.717) is 0 Å². The molecule has 0 amide bonds. The standard InChI is InChI=1S/C6H14O3S3.C2H5NO2/c7-2-1-5(3-8,4-9)6(10,11)12;3-1-2(4)5/h7-12H,1-4H2;1,3H2,(H,4,5). The monoisotopic (exact) mass is 305 g/mol. The fourth-order valence-corrected chi connectivity index (χ4v) is 1.56. The average Bonchev–Trinajstić information content (AvgIpc) is 2.25. The van der Waals surface area contributed by atoms with Crippen LogP contribution in [-0.4, -0.2) is 56.2 Å². The molecule has 0 aromatic heterocycles. The highest BCUT2D eigenvalue weighted by Gasteiger charge is 2.43. The molecule has 0 fully saturated rings. The summed E-state index contributed by atoms with van der Waals surface area (Å²) in [5.74, 6) is -0.968. The molecule has 0 radical (unpaired) electrons. The molecule has 0 aliphatic rings. The van der Waals surface area contributed by atoms with Crippen LogP contribution in [0.25, 0.3) is 0 Å². The maximum absolute atomic E-state index is 9.24. The van der Waals surface area contributed by atoms with E-state index < -0.39 is 14.8 Å². The number of aliphatic hydroxyl groups excluding tert-OH is 3. The highest BCUT2D eigenvalue weighted by atomic mass is 32.2. The van der Waals surface area contributed by atoms with Crippen molar-refractivity contribution in [2.75, 3.05) is 26.4 Å². The minimum Gasteiger partial charge on any atom is -0.480 e. The van der Waals surface area contributed by atoms with Gasteiger partial charge in [-0.3, -0.25) is 4.79 Å². The topological polar surface area (TPSA) is 124 Å². The fourth-order valence-electron chi connectivity index (χ4n) is 0.802. The first-order valence-corrected chi connectivity index (χ1v) is 5.96. The van der Waals surface area contributed by atoms with E-state index >= 15 is 0 Å². The lowest BCUT2D eigenvalue weighted by Crippen LogP contribution is -2.43. The van der Waals surface area contributed by atoms with Crippen LogP contribution in [-0.2, 0) is 4.79 Å². The Labute approximate surface area is 116 Å². The molecule has 9 heteroatoms. The average molecular weight is 305 g/mol. The largest absolute Gasteiger partial charge is 0.480 e. The number of carboxylic acid groups (broad SMARTS) is 1. The summed E-state index contributed by atoms with van der Waals surface area (Å²) in [4.78, 5) is 9.24. The van der Waals surface area contributed by atoms with Gasteiger partial charge in [-0.05, 0) is 6.42 Å². The molecule has 0 aromatic carbocycles. The van der Waals surface area contributed by atoms with Gasteiger partial charge in [-0.25, -0.2) is 0 Å². The van der Waals surface area contributed by atoms with Crippen molar-refractivity contribution in [3.05, 3.63) is 0 Å². The molecule has 0 heterocycles. The zero-order valence-corrected chi connectivity index (χ0v) is 11.8. The molecule has 0 saturated carbocycles. The van der Waals surface area contributed by atoms with E-state index in [1.54, 1.807) is 0 Å². The van der Waals surface area contributed by atoms with Crippen LogP contribution in [0.3, 0.4) is 0 Å². The Morgan fingerprint density at radius 3 is 1.53 bits per heavy atom. The number of carboxylic acids is 1. The SMILES string of the molecule is NCC(=O)O.OCCC(CO)(CO)C(S)(S)S. The third-order valence-corrected chi connectivity index (χ3v) is 3.50. The van der Waals surface area contributed by atoms with Gasteiger partial charge in [-0.1, -0.05) is 0 Å². The number of hydrogen-bond acceptors (Lipinski definition) is 8. The summed E-state index contributed by atoms with van der Waals surface area (Å²) >= 11 is 12.1. The normalized spacial score (nSPS) is 11.7. The molecule has 6 nitrogen and oxygen atoms in total. The number of rotatable bonds is 6. The lowest BCUT2D eigenvalue weighted by molar-refractivity contribution is -0.135. The van der Waals surface area contributed by atoms with Gasteiger partial charge in [-0.2, -0.15) is 37.9 Å². The van der Waals surface area contributed by atoms with Gasteiger partial charge in [-0.15, -0.1) is 0 Å². The van der Waals surface area contributed by atoms with Crippen LogP contribution in [0.2, 0.25) is 0 Å². The van der Waals surface area contributed by atoms with E-state index in [-0.39, 0.29) is 32.8 Å². The first-order valence-electron chi connectivity index (χ1n) is 4.62. The number of thiol groups is 3. The highest BCUT2D eigenvalue weighted by molar-refractivity contribution is 8.17. The van der Waals surface area contributed by atoms with Gasteiger partial charge in [0.1, 0.15) is 3.41 Å². The molecule has 0 rings (SSSR count). The van der Waals surface area contributed by atoms with E-state index in [2.05, 4.69) is 43.6 Å². The first-order chi connectivity index (χ1) is 7.70. The smallest absolute Gasteiger partial charge is 0.317 e. The molecule has 0 aromatic rings. The number of aliphatic hydroxyl groups is 3. The predicted octanol–water partition coefficient (Wildman–Crippen LogP) is -1.19. The summed E-state index contributed by atoms with van der Waals surface area (Å²) in [6, 6.07) is 0. The van der Waals surface area contributed by atoms with Crippen LogP contribution < -0.4 is 5.73 Å². The number of carbonyl (C=O) groups is 1. The molecule has 0 spiro atoms. The summed E-state index contributed by atoms with van der Waals surface area (Å²) in [5.41, 5.74) is 3.60. The van der Waals surface area contributed by atoms with Crippen LogP contribution in [0.4, 0.5) is 0 Å². The summed E-state index contributed by atoms with van der Waals surface area (Å²) in [7, 11) is 0. The van der Waals surface area contributed by atoms with Crippen molar-refractivity contribution in [3.8, 4) is 0 Å². The van der Waals surface area contributed by atoms with Gasteiger partial charge in [0.2, 0.25) is 0 Å². The van der Waals surface area contributed by atoms with Gasteiger partial charge in [0.25, 0.3) is 0 Å². The molecule has 0 aliphatic carbocycles. The Morgan fingerprint density at radius 2 is 1.47 bits per heavy atom. The van der Waals surface area contributed by atoms with Crippen LogP contribution >= 0.6 is 37.9 Å². The Bertz CT molecular complexity index is 218. The molecule has 0 bridgehead atoms. The summed E-state index contributed by atoms with van der Waals surface area (Å²) in [6.07, 6.45) is 0.205. The second kappa shape index (κ2) is 9.31. The molecular formula is C8H19NO5S3. The van der Waals surface area contributed by atoms with Gasteiger partial charge in [0, 0.05) is 6.61 Å². The highest BCUT2D eigenvalue weighted by Crippen LogP contribution is 2.45. The lowest BCUT2D eigenvalue weighted by Gasteiger charge is -2.39. The molecule has 104 valence electrons. The summed E-state index contributed by atoms with van der Waals surface area (Å²) in [5, 5.41) is 34.4. The Morgan fingerprint density at radius 1 is 1.12 bits per heavy atom. The number of aliphatic carboxylic acids is 1. The van der Waals surface area contributed by atoms with Crippen LogP contribution in [0, 0.1) is 5.41 Å². The third kappa shape index (κ3) is 7.39. The molecule has 0 unspecified atom stereocenters. The van der Waals surface area contributed by atoms with Gasteiger partial charge in [0.15, 0.2) is 0 Å². The van der Waals surface area contributed by atoms with Gasteiger partial charge < -0.3 is 26.2 Å². The minimum atomic E-state index is -1.11. The Balaban J connectivity index is 0. The van der Waals surface area contributed by atoms with Crippen molar-refractivity contribution in [2.24, 2.45) is 11.1 Å². The van der Waals surface area contributed by atoms with Crippen molar-refractivity contribution in [3.63, 3.8) is 0 Å². The minimum absolute atomic E-state index is 0.148. The maximum Gasteiger partial charge on any atom is 0.317 e. The van der Waals surface area contributed by atoms with Crippen LogP contribution in [0.1, 0.15) is 6.42 Å². The van der Waals surface area contributed by atoms with Crippen molar-refractivity contribution in [1.82, 2.24) is 0 Å². The third-order valence-electron chi connectivity index (χ3n) is 2.08. The Kier molecular flexibility index (Phi) is 10.8. The maximum atomic E-state index is 9.24. The summed E-state index contributed by atoms with van der Waals surface area (Å²) in [6.45, 7) is -1.06. The van der Waals surface area contributed by atoms with E-state index in [9.17, 15) is 4.79 Å². The quantitative estimate of drug-likeness (QED) is 0.231. The number of hydrogen-bond donors (Lipinski definition) is 8. The summed E-state index contributed by atoms with van der Waals surface area (Å²) < 4.78 is -1.11. The zero-order valence-electron chi connectivity index (χ0n) is 9.15. The second-order valence-electron chi connectivity index (χ2n) is 3.30.